The molecule has 0 bridgehead atoms. The van der Waals surface area contributed by atoms with Crippen LogP contribution in [0.2, 0.25) is 0 Å². The lowest BCUT2D eigenvalue weighted by Gasteiger charge is -2.09. The van der Waals surface area contributed by atoms with Crippen molar-refractivity contribution < 1.29 is 4.74 Å². The van der Waals surface area contributed by atoms with Crippen LogP contribution in [0.15, 0.2) is 12.1 Å². The van der Waals surface area contributed by atoms with Crippen LogP contribution in [0.4, 0.5) is 0 Å². The van der Waals surface area contributed by atoms with Crippen LogP contribution in [-0.4, -0.2) is 18.6 Å². The second-order valence-corrected chi connectivity index (χ2v) is 5.15. The molecule has 0 aliphatic carbocycles. The van der Waals surface area contributed by atoms with Gasteiger partial charge in [0.1, 0.15) is 5.75 Å². The van der Waals surface area contributed by atoms with Crippen LogP contribution in [0.25, 0.3) is 10.9 Å². The lowest BCUT2D eigenvalue weighted by Crippen LogP contribution is -2.13. The third kappa shape index (κ3) is 1.62. The molecule has 2 heterocycles. The van der Waals surface area contributed by atoms with Crippen molar-refractivity contribution in [2.75, 3.05) is 13.7 Å². The van der Waals surface area contributed by atoms with Crippen LogP contribution in [0.1, 0.15) is 35.7 Å². The second kappa shape index (κ2) is 4.32. The topological polar surface area (TPSA) is 37.0 Å². The first kappa shape index (κ1) is 11.6. The summed E-state index contributed by atoms with van der Waals surface area (Å²) in [5.41, 5.74) is 5.14. The average molecular weight is 244 g/mol. The van der Waals surface area contributed by atoms with Crippen molar-refractivity contribution in [2.24, 2.45) is 0 Å². The van der Waals surface area contributed by atoms with Crippen molar-refractivity contribution >= 4 is 10.9 Å². The number of nitrogens with one attached hydrogen (secondary N) is 2. The Labute approximate surface area is 108 Å². The van der Waals surface area contributed by atoms with Gasteiger partial charge in [0.15, 0.2) is 0 Å². The van der Waals surface area contributed by atoms with E-state index in [9.17, 15) is 0 Å². The molecule has 3 nitrogen and oxygen atoms in total. The number of rotatable bonds is 2. The molecule has 2 aromatic rings. The van der Waals surface area contributed by atoms with E-state index in [1.54, 1.807) is 7.11 Å². The zero-order valence-corrected chi connectivity index (χ0v) is 11.3. The summed E-state index contributed by atoms with van der Waals surface area (Å²) in [6.45, 7) is 5.49. The van der Waals surface area contributed by atoms with Crippen LogP contribution in [-0.2, 0) is 0 Å². The van der Waals surface area contributed by atoms with Gasteiger partial charge in [0.25, 0.3) is 0 Å². The Bertz CT molecular complexity index is 580. The number of hydrogen-bond acceptors (Lipinski definition) is 2. The van der Waals surface area contributed by atoms with E-state index >= 15 is 0 Å². The van der Waals surface area contributed by atoms with Gasteiger partial charge in [0.2, 0.25) is 0 Å². The van der Waals surface area contributed by atoms with E-state index in [-0.39, 0.29) is 0 Å². The Kier molecular flexibility index (Phi) is 2.78. The van der Waals surface area contributed by atoms with Gasteiger partial charge < -0.3 is 15.0 Å². The fourth-order valence-electron chi connectivity index (χ4n) is 3.11. The quantitative estimate of drug-likeness (QED) is 0.851. The van der Waals surface area contributed by atoms with E-state index in [0.717, 1.165) is 17.8 Å². The molecule has 1 aromatic carbocycles. The Balaban J connectivity index is 2.22. The van der Waals surface area contributed by atoms with Crippen LogP contribution < -0.4 is 10.1 Å². The van der Waals surface area contributed by atoms with Gasteiger partial charge in [-0.1, -0.05) is 6.07 Å². The third-order valence-electron chi connectivity index (χ3n) is 4.04. The van der Waals surface area contributed by atoms with Gasteiger partial charge in [-0.05, 0) is 50.4 Å². The Hall–Kier alpha value is -1.48. The molecule has 0 saturated carbocycles. The summed E-state index contributed by atoms with van der Waals surface area (Å²) in [6.07, 6.45) is 2.48. The predicted molar refractivity (Wildman–Crippen MR) is 74.3 cm³/mol. The molecule has 2 N–H and O–H groups in total. The first-order valence-corrected chi connectivity index (χ1v) is 6.61. The number of aromatic nitrogens is 1. The van der Waals surface area contributed by atoms with Crippen LogP contribution in [0.5, 0.6) is 5.75 Å². The minimum Gasteiger partial charge on any atom is -0.495 e. The van der Waals surface area contributed by atoms with Crippen molar-refractivity contribution in [1.29, 1.82) is 0 Å². The number of fused-ring (bicyclic) bond motifs is 1. The highest BCUT2D eigenvalue weighted by Gasteiger charge is 2.22. The minimum absolute atomic E-state index is 0.474. The highest BCUT2D eigenvalue weighted by atomic mass is 16.5. The maximum atomic E-state index is 5.46. The monoisotopic (exact) mass is 244 g/mol. The maximum Gasteiger partial charge on any atom is 0.142 e. The van der Waals surface area contributed by atoms with Gasteiger partial charge in [-0.3, -0.25) is 0 Å². The molecule has 1 atom stereocenters. The zero-order chi connectivity index (χ0) is 12.7. The molecule has 3 heteroatoms. The molecule has 1 aromatic heterocycles. The van der Waals surface area contributed by atoms with E-state index in [2.05, 4.69) is 30.2 Å². The number of hydrogen-bond donors (Lipinski definition) is 2. The van der Waals surface area contributed by atoms with Crippen molar-refractivity contribution in [3.05, 3.63) is 29.0 Å². The molecule has 18 heavy (non-hydrogen) atoms. The lowest BCUT2D eigenvalue weighted by atomic mass is 10.0. The first-order valence-electron chi connectivity index (χ1n) is 6.61. The molecule has 0 spiro atoms. The van der Waals surface area contributed by atoms with Gasteiger partial charge in [0, 0.05) is 17.1 Å². The number of benzene rings is 1. The van der Waals surface area contributed by atoms with E-state index in [4.69, 9.17) is 4.74 Å². The normalized spacial score (nSPS) is 19.6. The fourth-order valence-corrected chi connectivity index (χ4v) is 3.11. The number of methoxy groups -OCH3 is 1. The largest absolute Gasteiger partial charge is 0.495 e. The van der Waals surface area contributed by atoms with Gasteiger partial charge in [-0.25, -0.2) is 0 Å². The van der Waals surface area contributed by atoms with Gasteiger partial charge in [-0.2, -0.15) is 0 Å². The molecular formula is C15H20N2O. The van der Waals surface area contributed by atoms with Crippen molar-refractivity contribution in [1.82, 2.24) is 10.3 Å². The van der Waals surface area contributed by atoms with E-state index in [0.29, 0.717) is 6.04 Å². The Morgan fingerprint density at radius 1 is 1.28 bits per heavy atom. The standard InChI is InChI=1S/C15H20N2O/c1-9-6-7-12(18-3)15-13(9)10(2)14(17-15)11-5-4-8-16-11/h6-7,11,16-17H,4-5,8H2,1-3H3. The molecule has 1 aliphatic rings. The van der Waals surface area contributed by atoms with Gasteiger partial charge in [-0.15, -0.1) is 0 Å². The summed E-state index contributed by atoms with van der Waals surface area (Å²) in [4.78, 5) is 3.58. The number of aromatic amines is 1. The van der Waals surface area contributed by atoms with Crippen molar-refractivity contribution in [3.8, 4) is 5.75 Å². The predicted octanol–water partition coefficient (Wildman–Crippen LogP) is 3.22. The first-order chi connectivity index (χ1) is 8.72. The van der Waals surface area contributed by atoms with Gasteiger partial charge >= 0.3 is 0 Å². The molecule has 1 unspecified atom stereocenters. The molecule has 96 valence electrons. The number of aryl methyl sites for hydroxylation is 2. The summed E-state index contributed by atoms with van der Waals surface area (Å²) in [6, 6.07) is 4.65. The lowest BCUT2D eigenvalue weighted by molar-refractivity contribution is 0.419. The smallest absolute Gasteiger partial charge is 0.142 e. The van der Waals surface area contributed by atoms with E-state index in [1.807, 2.05) is 6.07 Å². The third-order valence-corrected chi connectivity index (χ3v) is 4.04. The fraction of sp³-hybridized carbons (Fsp3) is 0.467. The van der Waals surface area contributed by atoms with E-state index < -0.39 is 0 Å². The van der Waals surface area contributed by atoms with Gasteiger partial charge in [0.05, 0.1) is 12.6 Å². The van der Waals surface area contributed by atoms with Crippen LogP contribution >= 0.6 is 0 Å². The number of ether oxygens (including phenoxy) is 1. The highest BCUT2D eigenvalue weighted by molar-refractivity contribution is 5.92. The summed E-state index contributed by atoms with van der Waals surface area (Å²) < 4.78 is 5.46. The SMILES string of the molecule is COc1ccc(C)c2c(C)c(C3CCCN3)[nH]c12. The van der Waals surface area contributed by atoms with E-state index in [1.165, 1.54) is 35.0 Å². The molecular weight excluding hydrogens is 224 g/mol. The second-order valence-electron chi connectivity index (χ2n) is 5.15. The average Bonchev–Trinajstić information content (AvgIpc) is 2.98. The minimum atomic E-state index is 0.474. The summed E-state index contributed by atoms with van der Waals surface area (Å²) in [7, 11) is 1.73. The highest BCUT2D eigenvalue weighted by Crippen LogP contribution is 2.36. The Morgan fingerprint density at radius 2 is 2.11 bits per heavy atom. The molecule has 1 saturated heterocycles. The molecule has 0 radical (unpaired) electrons. The van der Waals surface area contributed by atoms with Crippen molar-refractivity contribution in [3.63, 3.8) is 0 Å². The maximum absolute atomic E-state index is 5.46. The summed E-state index contributed by atoms with van der Waals surface area (Å²) in [5.74, 6) is 0.933. The summed E-state index contributed by atoms with van der Waals surface area (Å²) in [5, 5.41) is 4.88. The van der Waals surface area contributed by atoms with Crippen LogP contribution in [0, 0.1) is 13.8 Å². The molecule has 0 amide bonds. The molecule has 1 fully saturated rings. The molecule has 1 aliphatic heterocycles. The van der Waals surface area contributed by atoms with Crippen LogP contribution in [0.3, 0.4) is 0 Å². The Morgan fingerprint density at radius 3 is 2.78 bits per heavy atom. The summed E-state index contributed by atoms with van der Waals surface area (Å²) >= 11 is 0. The number of H-pyrrole nitrogens is 1. The zero-order valence-electron chi connectivity index (χ0n) is 11.3. The molecule has 3 rings (SSSR count). The van der Waals surface area contributed by atoms with Crippen molar-refractivity contribution in [2.45, 2.75) is 32.7 Å².